The Labute approximate surface area is 194 Å². The molecular formula is C21H31IN4O2S. The van der Waals surface area contributed by atoms with Gasteiger partial charge in [0.2, 0.25) is 0 Å². The van der Waals surface area contributed by atoms with Gasteiger partial charge in [0, 0.05) is 38.1 Å². The Balaban J connectivity index is 0.00000300. The van der Waals surface area contributed by atoms with Crippen LogP contribution in [0.4, 0.5) is 0 Å². The number of aliphatic imine (C=N–C) groups is 1. The molecule has 0 amide bonds. The fourth-order valence-electron chi connectivity index (χ4n) is 3.36. The Morgan fingerprint density at radius 1 is 1.31 bits per heavy atom. The van der Waals surface area contributed by atoms with Crippen molar-refractivity contribution in [3.63, 3.8) is 0 Å². The molecule has 1 saturated heterocycles. The van der Waals surface area contributed by atoms with E-state index < -0.39 is 0 Å². The zero-order valence-corrected chi connectivity index (χ0v) is 20.4. The van der Waals surface area contributed by atoms with Gasteiger partial charge < -0.3 is 20.1 Å². The third-order valence-electron chi connectivity index (χ3n) is 4.89. The summed E-state index contributed by atoms with van der Waals surface area (Å²) in [4.78, 5) is 8.25. The van der Waals surface area contributed by atoms with Gasteiger partial charge in [-0.2, -0.15) is 0 Å². The van der Waals surface area contributed by atoms with Crippen LogP contribution in [-0.4, -0.2) is 57.4 Å². The Bertz CT molecular complexity index is 740. The highest BCUT2D eigenvalue weighted by atomic mass is 127. The molecule has 1 aromatic carbocycles. The van der Waals surface area contributed by atoms with E-state index in [1.807, 2.05) is 12.1 Å². The molecule has 160 valence electrons. The summed E-state index contributed by atoms with van der Waals surface area (Å²) in [5.41, 5.74) is 1.18. The lowest BCUT2D eigenvalue weighted by Gasteiger charge is -2.37. The third kappa shape index (κ3) is 7.13. The molecule has 0 saturated carbocycles. The van der Waals surface area contributed by atoms with Crippen LogP contribution in [0.3, 0.4) is 0 Å². The molecule has 0 aliphatic carbocycles. The van der Waals surface area contributed by atoms with Gasteiger partial charge in [0.15, 0.2) is 5.96 Å². The van der Waals surface area contributed by atoms with Gasteiger partial charge in [0.1, 0.15) is 5.75 Å². The summed E-state index contributed by atoms with van der Waals surface area (Å²) in [6, 6.07) is 12.7. The molecule has 29 heavy (non-hydrogen) atoms. The van der Waals surface area contributed by atoms with Crippen LogP contribution in [0.5, 0.6) is 5.75 Å². The van der Waals surface area contributed by atoms with Crippen LogP contribution in [0.25, 0.3) is 0 Å². The van der Waals surface area contributed by atoms with Crippen LogP contribution in [0.15, 0.2) is 46.8 Å². The molecule has 0 radical (unpaired) electrons. The number of rotatable bonds is 7. The third-order valence-corrected chi connectivity index (χ3v) is 5.86. The van der Waals surface area contributed by atoms with Crippen molar-refractivity contribution in [3.05, 3.63) is 52.2 Å². The molecule has 1 aliphatic heterocycles. The SMILES string of the molecule is CN=C(NCc1ccc(OC)cc1)NCC(c1cccs1)N1CCOC(C)C1.I. The normalized spacial score (nSPS) is 18.6. The van der Waals surface area contributed by atoms with Crippen LogP contribution < -0.4 is 15.4 Å². The maximum absolute atomic E-state index is 5.72. The topological polar surface area (TPSA) is 58.1 Å². The van der Waals surface area contributed by atoms with Crippen molar-refractivity contribution in [2.24, 2.45) is 4.99 Å². The van der Waals surface area contributed by atoms with Gasteiger partial charge in [-0.1, -0.05) is 18.2 Å². The second-order valence-corrected chi connectivity index (χ2v) is 7.84. The van der Waals surface area contributed by atoms with E-state index in [9.17, 15) is 0 Å². The van der Waals surface area contributed by atoms with E-state index in [2.05, 4.69) is 57.1 Å². The summed E-state index contributed by atoms with van der Waals surface area (Å²) in [6.07, 6.45) is 0.267. The number of benzene rings is 1. The quantitative estimate of drug-likeness (QED) is 0.326. The van der Waals surface area contributed by atoms with E-state index in [1.165, 1.54) is 10.4 Å². The number of methoxy groups -OCH3 is 1. The van der Waals surface area contributed by atoms with E-state index >= 15 is 0 Å². The zero-order chi connectivity index (χ0) is 19.8. The number of nitrogens with zero attached hydrogens (tertiary/aromatic N) is 2. The van der Waals surface area contributed by atoms with Gasteiger partial charge in [0.25, 0.3) is 0 Å². The molecule has 2 heterocycles. The smallest absolute Gasteiger partial charge is 0.191 e. The van der Waals surface area contributed by atoms with Crippen LogP contribution in [0.2, 0.25) is 0 Å². The van der Waals surface area contributed by atoms with E-state index in [1.54, 1.807) is 25.5 Å². The number of hydrogen-bond acceptors (Lipinski definition) is 5. The first-order valence-electron chi connectivity index (χ1n) is 9.66. The predicted octanol–water partition coefficient (Wildman–Crippen LogP) is 3.50. The Morgan fingerprint density at radius 3 is 2.72 bits per heavy atom. The number of morpholine rings is 1. The van der Waals surface area contributed by atoms with Gasteiger partial charge in [-0.15, -0.1) is 35.3 Å². The molecule has 2 N–H and O–H groups in total. The van der Waals surface area contributed by atoms with Crippen molar-refractivity contribution < 1.29 is 9.47 Å². The molecule has 8 heteroatoms. The number of hydrogen-bond donors (Lipinski definition) is 2. The second kappa shape index (κ2) is 12.4. The minimum atomic E-state index is 0. The molecule has 1 aliphatic rings. The summed E-state index contributed by atoms with van der Waals surface area (Å²) in [5, 5.41) is 9.04. The Morgan fingerprint density at radius 2 is 2.10 bits per heavy atom. The van der Waals surface area contributed by atoms with Crippen molar-refractivity contribution in [2.75, 3.05) is 40.4 Å². The summed E-state index contributed by atoms with van der Waals surface area (Å²) in [6.45, 7) is 6.33. The lowest BCUT2D eigenvalue weighted by atomic mass is 10.1. The van der Waals surface area contributed by atoms with Gasteiger partial charge >= 0.3 is 0 Å². The first-order valence-corrected chi connectivity index (χ1v) is 10.5. The fourth-order valence-corrected chi connectivity index (χ4v) is 4.22. The molecule has 1 aromatic heterocycles. The molecule has 6 nitrogen and oxygen atoms in total. The van der Waals surface area contributed by atoms with Crippen LogP contribution in [-0.2, 0) is 11.3 Å². The standard InChI is InChI=1S/C21H30N4O2S.HI/c1-16-15-25(10-11-27-16)19(20-5-4-12-28-20)14-24-21(22-2)23-13-17-6-8-18(26-3)9-7-17;/h4-9,12,16,19H,10-11,13-15H2,1-3H3,(H2,22,23,24);1H. The minimum Gasteiger partial charge on any atom is -0.497 e. The highest BCUT2D eigenvalue weighted by molar-refractivity contribution is 14.0. The first kappa shape index (κ1) is 23.9. The van der Waals surface area contributed by atoms with Gasteiger partial charge in [-0.3, -0.25) is 9.89 Å². The van der Waals surface area contributed by atoms with Crippen LogP contribution >= 0.6 is 35.3 Å². The van der Waals surface area contributed by atoms with Crippen LogP contribution in [0, 0.1) is 0 Å². The Hall–Kier alpha value is -1.36. The lowest BCUT2D eigenvalue weighted by Crippen LogP contribution is -2.47. The summed E-state index contributed by atoms with van der Waals surface area (Å²) in [5.74, 6) is 1.67. The molecule has 1 fully saturated rings. The number of nitrogens with one attached hydrogen (secondary N) is 2. The summed E-state index contributed by atoms with van der Waals surface area (Å²) < 4.78 is 10.9. The van der Waals surface area contributed by atoms with Crippen molar-refractivity contribution in [1.29, 1.82) is 0 Å². The van der Waals surface area contributed by atoms with E-state index in [0.717, 1.165) is 38.0 Å². The second-order valence-electron chi connectivity index (χ2n) is 6.86. The minimum absolute atomic E-state index is 0. The average molecular weight is 530 g/mol. The van der Waals surface area contributed by atoms with Gasteiger partial charge in [0.05, 0.1) is 25.9 Å². The predicted molar refractivity (Wildman–Crippen MR) is 131 cm³/mol. The number of guanidine groups is 1. The average Bonchev–Trinajstić information content (AvgIpc) is 3.25. The van der Waals surface area contributed by atoms with Crippen LogP contribution in [0.1, 0.15) is 23.4 Å². The fraction of sp³-hybridized carbons (Fsp3) is 0.476. The highest BCUT2D eigenvalue weighted by Gasteiger charge is 2.26. The van der Waals surface area contributed by atoms with Crippen molar-refractivity contribution in [2.45, 2.75) is 25.6 Å². The molecule has 2 aromatic rings. The first-order chi connectivity index (χ1) is 13.7. The summed E-state index contributed by atoms with van der Waals surface area (Å²) in [7, 11) is 3.48. The van der Waals surface area contributed by atoms with E-state index in [4.69, 9.17) is 9.47 Å². The number of thiophene rings is 1. The van der Waals surface area contributed by atoms with E-state index in [-0.39, 0.29) is 30.1 Å². The highest BCUT2D eigenvalue weighted by Crippen LogP contribution is 2.26. The number of halogens is 1. The maximum atomic E-state index is 5.72. The molecule has 2 unspecified atom stereocenters. The molecular weight excluding hydrogens is 499 g/mol. The number of ether oxygens (including phenoxy) is 2. The van der Waals surface area contributed by atoms with Crippen molar-refractivity contribution >= 4 is 41.3 Å². The Kier molecular flexibility index (Phi) is 10.2. The van der Waals surface area contributed by atoms with Gasteiger partial charge in [-0.25, -0.2) is 0 Å². The monoisotopic (exact) mass is 530 g/mol. The molecule has 2 atom stereocenters. The largest absolute Gasteiger partial charge is 0.497 e. The zero-order valence-electron chi connectivity index (χ0n) is 17.3. The molecule has 0 bridgehead atoms. The molecule has 0 spiro atoms. The van der Waals surface area contributed by atoms with E-state index in [0.29, 0.717) is 12.6 Å². The van der Waals surface area contributed by atoms with Crippen molar-refractivity contribution in [3.8, 4) is 5.75 Å². The summed E-state index contributed by atoms with van der Waals surface area (Å²) >= 11 is 1.80. The van der Waals surface area contributed by atoms with Gasteiger partial charge in [-0.05, 0) is 36.1 Å². The van der Waals surface area contributed by atoms with Crippen molar-refractivity contribution in [1.82, 2.24) is 15.5 Å². The lowest BCUT2D eigenvalue weighted by molar-refractivity contribution is -0.0334. The molecule has 3 rings (SSSR count). The maximum Gasteiger partial charge on any atom is 0.191 e.